The van der Waals surface area contributed by atoms with E-state index in [9.17, 15) is 9.59 Å². The molecule has 122 valence electrons. The Kier molecular flexibility index (Phi) is 4.40. The van der Waals surface area contributed by atoms with E-state index in [-0.39, 0.29) is 23.9 Å². The quantitative estimate of drug-likeness (QED) is 0.780. The van der Waals surface area contributed by atoms with Gasteiger partial charge in [0.05, 0.1) is 5.56 Å². The van der Waals surface area contributed by atoms with Gasteiger partial charge in [-0.2, -0.15) is 0 Å². The molecule has 0 fully saturated rings. The monoisotopic (exact) mass is 342 g/mol. The molecule has 0 radical (unpaired) electrons. The van der Waals surface area contributed by atoms with Gasteiger partial charge < -0.3 is 9.47 Å². The SMILES string of the molecule is CC(=O)COc1cc(C)c2c(c1)O/C(=C\c1cccc(Cl)c1)C2=O. The van der Waals surface area contributed by atoms with Crippen molar-refractivity contribution in [2.24, 2.45) is 0 Å². The third kappa shape index (κ3) is 3.34. The van der Waals surface area contributed by atoms with Crippen molar-refractivity contribution >= 4 is 29.2 Å². The highest BCUT2D eigenvalue weighted by Gasteiger charge is 2.30. The Morgan fingerprint density at radius 2 is 2.08 bits per heavy atom. The zero-order valence-corrected chi connectivity index (χ0v) is 14.0. The second kappa shape index (κ2) is 6.49. The van der Waals surface area contributed by atoms with E-state index in [1.165, 1.54) is 6.92 Å². The van der Waals surface area contributed by atoms with Crippen LogP contribution in [0.4, 0.5) is 0 Å². The number of hydrogen-bond acceptors (Lipinski definition) is 4. The number of Topliss-reactive ketones (excluding diaryl/α,β-unsaturated/α-hetero) is 2. The minimum absolute atomic E-state index is 0.0165. The fourth-order valence-corrected chi connectivity index (χ4v) is 2.69. The second-order valence-electron chi connectivity index (χ2n) is 5.60. The molecular formula is C19H15ClO4. The molecule has 5 heteroatoms. The first-order chi connectivity index (χ1) is 11.4. The smallest absolute Gasteiger partial charge is 0.232 e. The van der Waals surface area contributed by atoms with Gasteiger partial charge in [-0.25, -0.2) is 0 Å². The van der Waals surface area contributed by atoms with Crippen LogP contribution in [0.5, 0.6) is 11.5 Å². The Labute approximate surface area is 144 Å². The number of carbonyl (C=O) groups is 2. The van der Waals surface area contributed by atoms with Crippen molar-refractivity contribution in [3.63, 3.8) is 0 Å². The molecule has 0 saturated carbocycles. The lowest BCUT2D eigenvalue weighted by molar-refractivity contribution is -0.118. The Morgan fingerprint density at radius 1 is 1.29 bits per heavy atom. The summed E-state index contributed by atoms with van der Waals surface area (Å²) in [5, 5.41) is 0.586. The number of halogens is 1. The first-order valence-corrected chi connectivity index (χ1v) is 7.78. The Hall–Kier alpha value is -2.59. The molecule has 1 aliphatic rings. The molecule has 24 heavy (non-hydrogen) atoms. The summed E-state index contributed by atoms with van der Waals surface area (Å²) in [4.78, 5) is 23.6. The number of benzene rings is 2. The van der Waals surface area contributed by atoms with Gasteiger partial charge in [0.25, 0.3) is 0 Å². The third-order valence-electron chi connectivity index (χ3n) is 3.53. The molecule has 0 spiro atoms. The Morgan fingerprint density at radius 3 is 2.79 bits per heavy atom. The largest absolute Gasteiger partial charge is 0.486 e. The topological polar surface area (TPSA) is 52.6 Å². The fraction of sp³-hybridized carbons (Fsp3) is 0.158. The standard InChI is InChI=1S/C19H15ClO4/c1-11-6-15(23-10-12(2)21)9-16-18(11)19(22)17(24-16)8-13-4-3-5-14(20)7-13/h3-9H,10H2,1-2H3/b17-8-. The first kappa shape index (κ1) is 16.3. The number of fused-ring (bicyclic) bond motifs is 1. The lowest BCUT2D eigenvalue weighted by Crippen LogP contribution is -2.06. The zero-order valence-electron chi connectivity index (χ0n) is 13.3. The highest BCUT2D eigenvalue weighted by atomic mass is 35.5. The number of hydrogen-bond donors (Lipinski definition) is 0. The molecule has 0 bridgehead atoms. The summed E-state index contributed by atoms with van der Waals surface area (Å²) in [5.41, 5.74) is 2.04. The predicted molar refractivity (Wildman–Crippen MR) is 91.7 cm³/mol. The summed E-state index contributed by atoms with van der Waals surface area (Å²) in [6, 6.07) is 10.5. The molecule has 0 saturated heterocycles. The number of ether oxygens (including phenoxy) is 2. The molecule has 0 atom stereocenters. The number of ketones is 2. The molecule has 0 N–H and O–H groups in total. The van der Waals surface area contributed by atoms with Crippen molar-refractivity contribution in [3.05, 3.63) is 63.9 Å². The highest BCUT2D eigenvalue weighted by molar-refractivity contribution is 6.30. The summed E-state index contributed by atoms with van der Waals surface area (Å²) < 4.78 is 11.1. The van der Waals surface area contributed by atoms with Crippen molar-refractivity contribution in [2.45, 2.75) is 13.8 Å². The van der Waals surface area contributed by atoms with E-state index in [4.69, 9.17) is 21.1 Å². The molecule has 1 heterocycles. The van der Waals surface area contributed by atoms with E-state index in [0.717, 1.165) is 11.1 Å². The van der Waals surface area contributed by atoms with Gasteiger partial charge in [-0.15, -0.1) is 0 Å². The summed E-state index contributed by atoms with van der Waals surface area (Å²) in [6.45, 7) is 3.24. The van der Waals surface area contributed by atoms with Gasteiger partial charge in [0.15, 0.2) is 11.5 Å². The summed E-state index contributed by atoms with van der Waals surface area (Å²) in [5.74, 6) is 0.913. The molecule has 2 aromatic rings. The van der Waals surface area contributed by atoms with Crippen molar-refractivity contribution in [3.8, 4) is 11.5 Å². The Bertz CT molecular complexity index is 868. The molecule has 0 aliphatic carbocycles. The van der Waals surface area contributed by atoms with Gasteiger partial charge in [0, 0.05) is 11.1 Å². The number of carbonyl (C=O) groups excluding carboxylic acids is 2. The maximum Gasteiger partial charge on any atom is 0.232 e. The van der Waals surface area contributed by atoms with E-state index in [1.807, 2.05) is 13.0 Å². The third-order valence-corrected chi connectivity index (χ3v) is 3.77. The van der Waals surface area contributed by atoms with Crippen LogP contribution >= 0.6 is 11.6 Å². The van der Waals surface area contributed by atoms with Crippen LogP contribution < -0.4 is 9.47 Å². The normalized spacial score (nSPS) is 14.5. The number of allylic oxidation sites excluding steroid dienone is 1. The average Bonchev–Trinajstić information content (AvgIpc) is 2.82. The van der Waals surface area contributed by atoms with Crippen molar-refractivity contribution < 1.29 is 19.1 Å². The molecule has 1 aliphatic heterocycles. The first-order valence-electron chi connectivity index (χ1n) is 7.41. The van der Waals surface area contributed by atoms with Crippen LogP contribution in [0.1, 0.15) is 28.4 Å². The molecule has 3 rings (SSSR count). The second-order valence-corrected chi connectivity index (χ2v) is 6.04. The predicted octanol–water partition coefficient (Wildman–Crippen LogP) is 4.23. The molecular weight excluding hydrogens is 328 g/mol. The molecule has 0 amide bonds. The maximum atomic E-state index is 12.6. The zero-order chi connectivity index (χ0) is 17.3. The van der Waals surface area contributed by atoms with Gasteiger partial charge in [-0.05, 0) is 49.2 Å². The van der Waals surface area contributed by atoms with Crippen LogP contribution in [0, 0.1) is 6.92 Å². The van der Waals surface area contributed by atoms with Gasteiger partial charge >= 0.3 is 0 Å². The van der Waals surface area contributed by atoms with E-state index in [2.05, 4.69) is 0 Å². The molecule has 4 nitrogen and oxygen atoms in total. The fourth-order valence-electron chi connectivity index (χ4n) is 2.49. The van der Waals surface area contributed by atoms with Crippen LogP contribution in [0.3, 0.4) is 0 Å². The summed E-state index contributed by atoms with van der Waals surface area (Å²) in [7, 11) is 0. The average molecular weight is 343 g/mol. The molecule has 2 aromatic carbocycles. The van der Waals surface area contributed by atoms with Gasteiger partial charge in [-0.3, -0.25) is 9.59 Å². The van der Waals surface area contributed by atoms with E-state index >= 15 is 0 Å². The summed E-state index contributed by atoms with van der Waals surface area (Å²) in [6.07, 6.45) is 1.66. The minimum atomic E-state index is -0.180. The van der Waals surface area contributed by atoms with Crippen molar-refractivity contribution in [2.75, 3.05) is 6.61 Å². The number of aryl methyl sites for hydroxylation is 1. The van der Waals surface area contributed by atoms with Crippen LogP contribution in [0.15, 0.2) is 42.2 Å². The van der Waals surface area contributed by atoms with Crippen LogP contribution in [-0.2, 0) is 4.79 Å². The lowest BCUT2D eigenvalue weighted by atomic mass is 10.0. The lowest BCUT2D eigenvalue weighted by Gasteiger charge is -2.07. The maximum absolute atomic E-state index is 12.6. The van der Waals surface area contributed by atoms with Gasteiger partial charge in [0.2, 0.25) is 5.78 Å². The van der Waals surface area contributed by atoms with Crippen LogP contribution in [0.2, 0.25) is 5.02 Å². The highest BCUT2D eigenvalue weighted by Crippen LogP contribution is 2.37. The van der Waals surface area contributed by atoms with Gasteiger partial charge in [0.1, 0.15) is 18.1 Å². The van der Waals surface area contributed by atoms with Gasteiger partial charge in [-0.1, -0.05) is 23.7 Å². The van der Waals surface area contributed by atoms with Crippen molar-refractivity contribution in [1.82, 2.24) is 0 Å². The van der Waals surface area contributed by atoms with E-state index < -0.39 is 0 Å². The molecule has 0 aromatic heterocycles. The van der Waals surface area contributed by atoms with Crippen molar-refractivity contribution in [1.29, 1.82) is 0 Å². The van der Waals surface area contributed by atoms with Crippen LogP contribution in [0.25, 0.3) is 6.08 Å². The Balaban J connectivity index is 1.92. The van der Waals surface area contributed by atoms with Crippen LogP contribution in [-0.4, -0.2) is 18.2 Å². The minimum Gasteiger partial charge on any atom is -0.486 e. The summed E-state index contributed by atoms with van der Waals surface area (Å²) >= 11 is 5.96. The van der Waals surface area contributed by atoms with E-state index in [0.29, 0.717) is 22.1 Å². The molecule has 0 unspecified atom stereocenters. The number of rotatable bonds is 4. The van der Waals surface area contributed by atoms with E-state index in [1.54, 1.807) is 36.4 Å².